The Hall–Kier alpha value is -2.62. The molecule has 0 saturated carbocycles. The molecule has 10 heteroatoms. The monoisotopic (exact) mass is 420 g/mol. The fraction of sp³-hybridized carbons (Fsp3) is 0.421. The lowest BCUT2D eigenvalue weighted by molar-refractivity contribution is -0.0222. The lowest BCUT2D eigenvalue weighted by atomic mass is 10.0. The van der Waals surface area contributed by atoms with Gasteiger partial charge in [0.05, 0.1) is 9.73 Å². The van der Waals surface area contributed by atoms with Gasteiger partial charge in [0.25, 0.3) is 11.7 Å². The number of nitrogens with one attached hydrogen (secondary N) is 1. The summed E-state index contributed by atoms with van der Waals surface area (Å²) in [5.41, 5.74) is 2.61. The fourth-order valence-corrected chi connectivity index (χ4v) is 4.27. The summed E-state index contributed by atoms with van der Waals surface area (Å²) in [6.07, 6.45) is 2.91. The minimum absolute atomic E-state index is 0.201. The van der Waals surface area contributed by atoms with Gasteiger partial charge in [-0.15, -0.1) is 0 Å². The Balaban J connectivity index is 1.75. The molecule has 1 aliphatic rings. The first-order valence-corrected chi connectivity index (χ1v) is 11.3. The third-order valence-corrected chi connectivity index (χ3v) is 6.42. The zero-order valence-electron chi connectivity index (χ0n) is 16.2. The van der Waals surface area contributed by atoms with Gasteiger partial charge >= 0.3 is 0 Å². The maximum absolute atomic E-state index is 13.7. The number of anilines is 1. The van der Waals surface area contributed by atoms with Gasteiger partial charge < -0.3 is 4.90 Å². The highest BCUT2D eigenvalue weighted by Crippen LogP contribution is 2.33. The summed E-state index contributed by atoms with van der Waals surface area (Å²) in [5, 5.41) is 4.27. The third kappa shape index (κ3) is 3.93. The molecule has 1 fully saturated rings. The Bertz CT molecular complexity index is 1150. The number of hydrogen-bond acceptors (Lipinski definition) is 6. The minimum atomic E-state index is -2.77. The molecule has 0 amide bonds. The van der Waals surface area contributed by atoms with Crippen molar-refractivity contribution >= 4 is 21.3 Å². The van der Waals surface area contributed by atoms with Crippen LogP contribution in [0.5, 0.6) is 0 Å². The molecule has 3 aromatic rings. The molecule has 0 spiro atoms. The van der Waals surface area contributed by atoms with Gasteiger partial charge in [-0.3, -0.25) is 0 Å². The van der Waals surface area contributed by atoms with E-state index in [1.54, 1.807) is 16.6 Å². The molecule has 154 valence electrons. The van der Waals surface area contributed by atoms with Crippen molar-refractivity contribution in [2.45, 2.75) is 37.0 Å². The molecular weight excluding hydrogens is 398 g/mol. The van der Waals surface area contributed by atoms with Crippen LogP contribution in [-0.2, 0) is 16.1 Å². The molecule has 1 unspecified atom stereocenters. The van der Waals surface area contributed by atoms with E-state index in [-0.39, 0.29) is 25.9 Å². The molecule has 7 nitrogen and oxygen atoms in total. The summed E-state index contributed by atoms with van der Waals surface area (Å²) in [6.45, 7) is 2.34. The van der Waals surface area contributed by atoms with Crippen molar-refractivity contribution in [2.24, 2.45) is 0 Å². The number of aromatic nitrogens is 4. The second-order valence-electron chi connectivity index (χ2n) is 7.48. The van der Waals surface area contributed by atoms with Gasteiger partial charge in [0, 0.05) is 54.8 Å². The van der Waals surface area contributed by atoms with Crippen LogP contribution in [0.2, 0.25) is 0 Å². The number of benzene rings is 1. The van der Waals surface area contributed by atoms with E-state index in [2.05, 4.69) is 15.1 Å². The molecule has 0 radical (unpaired) electrons. The van der Waals surface area contributed by atoms with Crippen LogP contribution < -0.4 is 4.90 Å². The molecule has 1 atom stereocenters. The number of halogens is 2. The highest BCUT2D eigenvalue weighted by molar-refractivity contribution is 7.91. The number of nitrogens with zero attached hydrogens (tertiary/aromatic N) is 5. The predicted octanol–water partition coefficient (Wildman–Crippen LogP) is 3.29. The lowest BCUT2D eigenvalue weighted by Gasteiger charge is -2.34. The Morgan fingerprint density at radius 1 is 1.21 bits per heavy atom. The normalized spacial score (nSPS) is 18.7. The van der Waals surface area contributed by atoms with Crippen molar-refractivity contribution in [3.05, 3.63) is 47.4 Å². The number of fused-ring (bicyclic) bond motifs is 1. The van der Waals surface area contributed by atoms with Crippen molar-refractivity contribution in [1.29, 1.82) is 4.78 Å². The number of rotatable bonds is 4. The summed E-state index contributed by atoms with van der Waals surface area (Å²) in [7, 11) is -2.77. The van der Waals surface area contributed by atoms with Crippen molar-refractivity contribution in [2.75, 3.05) is 24.2 Å². The average Bonchev–Trinajstić information content (AvgIpc) is 3.10. The van der Waals surface area contributed by atoms with E-state index in [1.165, 1.54) is 12.6 Å². The van der Waals surface area contributed by atoms with Gasteiger partial charge in [-0.2, -0.15) is 14.6 Å². The summed E-state index contributed by atoms with van der Waals surface area (Å²) < 4.78 is 48.6. The minimum Gasteiger partial charge on any atom is -0.356 e. The maximum Gasteiger partial charge on any atom is 0.254 e. The second kappa shape index (κ2) is 7.01. The summed E-state index contributed by atoms with van der Waals surface area (Å²) in [5.74, 6) is -1.46. The van der Waals surface area contributed by atoms with Gasteiger partial charge in [-0.25, -0.2) is 22.8 Å². The zero-order valence-corrected chi connectivity index (χ0v) is 17.0. The van der Waals surface area contributed by atoms with Crippen LogP contribution in [-0.4, -0.2) is 49.1 Å². The molecule has 4 rings (SSSR count). The highest BCUT2D eigenvalue weighted by Gasteiger charge is 2.35. The third-order valence-electron chi connectivity index (χ3n) is 5.25. The molecule has 2 aromatic heterocycles. The van der Waals surface area contributed by atoms with E-state index in [0.29, 0.717) is 17.1 Å². The van der Waals surface area contributed by atoms with Gasteiger partial charge in [-0.05, 0) is 24.6 Å². The van der Waals surface area contributed by atoms with Crippen LogP contribution in [0.3, 0.4) is 0 Å². The van der Waals surface area contributed by atoms with E-state index in [0.717, 1.165) is 22.6 Å². The summed E-state index contributed by atoms with van der Waals surface area (Å²) in [6, 6.07) is 7.07. The number of alkyl halides is 2. The maximum atomic E-state index is 13.7. The molecule has 0 bridgehead atoms. The molecule has 1 aromatic carbocycles. The van der Waals surface area contributed by atoms with E-state index in [1.807, 2.05) is 24.0 Å². The smallest absolute Gasteiger partial charge is 0.254 e. The van der Waals surface area contributed by atoms with Crippen LogP contribution in [0.1, 0.15) is 29.7 Å². The molecule has 1 aliphatic heterocycles. The summed E-state index contributed by atoms with van der Waals surface area (Å²) >= 11 is 0. The highest BCUT2D eigenvalue weighted by atomic mass is 32.2. The van der Waals surface area contributed by atoms with Gasteiger partial charge in [0.2, 0.25) is 0 Å². The van der Waals surface area contributed by atoms with Crippen molar-refractivity contribution < 1.29 is 13.0 Å². The zero-order chi connectivity index (χ0) is 20.8. The standard InChI is InChI=1S/C19H22F2N6OS/c1-13-16(11-14-3-5-15(6-4-14)29(2,22)28)17(27-18(25-13)23-12-24-27)26-9-7-19(20,21)8-10-26/h3-6,12,22H,7-11H2,1-2H3. The van der Waals surface area contributed by atoms with Crippen LogP contribution in [0.25, 0.3) is 5.78 Å². The second-order valence-corrected chi connectivity index (χ2v) is 9.64. The van der Waals surface area contributed by atoms with E-state index in [9.17, 15) is 13.0 Å². The largest absolute Gasteiger partial charge is 0.356 e. The quantitative estimate of drug-likeness (QED) is 0.700. The van der Waals surface area contributed by atoms with Crippen molar-refractivity contribution in [1.82, 2.24) is 19.6 Å². The first kappa shape index (κ1) is 19.7. The average molecular weight is 420 g/mol. The number of hydrogen-bond donors (Lipinski definition) is 1. The fourth-order valence-electron chi connectivity index (χ4n) is 3.62. The van der Waals surface area contributed by atoms with Crippen LogP contribution >= 0.6 is 0 Å². The molecule has 3 heterocycles. The molecule has 29 heavy (non-hydrogen) atoms. The van der Waals surface area contributed by atoms with Crippen molar-refractivity contribution in [3.63, 3.8) is 0 Å². The van der Waals surface area contributed by atoms with Crippen molar-refractivity contribution in [3.8, 4) is 0 Å². The van der Waals surface area contributed by atoms with Crippen LogP contribution in [0.4, 0.5) is 14.6 Å². The van der Waals surface area contributed by atoms with Crippen LogP contribution in [0, 0.1) is 11.7 Å². The van der Waals surface area contributed by atoms with Crippen LogP contribution in [0.15, 0.2) is 35.5 Å². The molecule has 1 saturated heterocycles. The Morgan fingerprint density at radius 2 is 1.86 bits per heavy atom. The van der Waals surface area contributed by atoms with E-state index >= 15 is 0 Å². The Kier molecular flexibility index (Phi) is 4.76. The Morgan fingerprint density at radius 3 is 2.48 bits per heavy atom. The predicted molar refractivity (Wildman–Crippen MR) is 106 cm³/mol. The first-order chi connectivity index (χ1) is 13.6. The molecular formula is C19H22F2N6OS. The first-order valence-electron chi connectivity index (χ1n) is 9.29. The topological polar surface area (TPSA) is 87.2 Å². The summed E-state index contributed by atoms with van der Waals surface area (Å²) in [4.78, 5) is 11.1. The molecule has 1 N–H and O–H groups in total. The Labute approximate surface area is 167 Å². The van der Waals surface area contributed by atoms with E-state index < -0.39 is 15.7 Å². The number of aryl methyl sites for hydroxylation is 1. The van der Waals surface area contributed by atoms with E-state index in [4.69, 9.17) is 4.78 Å². The SMILES string of the molecule is Cc1nc2ncnn2c(N2CCC(F)(F)CC2)c1Cc1ccc(S(C)(=N)=O)cc1. The lowest BCUT2D eigenvalue weighted by Crippen LogP contribution is -2.41. The number of piperidine rings is 1. The van der Waals surface area contributed by atoms with Gasteiger partial charge in [-0.1, -0.05) is 12.1 Å². The van der Waals surface area contributed by atoms with Gasteiger partial charge in [0.1, 0.15) is 12.1 Å². The molecule has 0 aliphatic carbocycles. The van der Waals surface area contributed by atoms with Gasteiger partial charge in [0.15, 0.2) is 0 Å².